The predicted molar refractivity (Wildman–Crippen MR) is 136 cm³/mol. The molecule has 1 fully saturated rings. The van der Waals surface area contributed by atoms with Gasteiger partial charge in [0.25, 0.3) is 0 Å². The zero-order valence-corrected chi connectivity index (χ0v) is 21.5. The highest BCUT2D eigenvalue weighted by Crippen LogP contribution is 2.23. The Morgan fingerprint density at radius 1 is 1.24 bits per heavy atom. The van der Waals surface area contributed by atoms with E-state index in [0.29, 0.717) is 17.8 Å². The average molecular weight is 536 g/mol. The number of hydrogen-bond donors (Lipinski definition) is 2. The van der Waals surface area contributed by atoms with Crippen LogP contribution in [0.2, 0.25) is 0 Å². The minimum atomic E-state index is -0.707. The number of aliphatic imine (C=N–C) groups is 1. The Labute approximate surface area is 196 Å². The van der Waals surface area contributed by atoms with Crippen LogP contribution >= 0.6 is 24.0 Å². The van der Waals surface area contributed by atoms with Gasteiger partial charge in [-0.05, 0) is 51.7 Å². The summed E-state index contributed by atoms with van der Waals surface area (Å²) < 4.78 is 12.2. The fraction of sp³-hybridized carbons (Fsp3) is 0.714. The van der Waals surface area contributed by atoms with Crippen LogP contribution in [0, 0.1) is 0 Å². The molecule has 1 aliphatic carbocycles. The first-order valence-electron chi connectivity index (χ1n) is 10.7. The van der Waals surface area contributed by atoms with Crippen molar-refractivity contribution >= 4 is 46.6 Å². The monoisotopic (exact) mass is 535 g/mol. The number of hydrogen-bond acceptors (Lipinski definition) is 4. The number of nitrogens with one attached hydrogen (secondary N) is 2. The van der Waals surface area contributed by atoms with Gasteiger partial charge in [0, 0.05) is 53.7 Å². The predicted octanol–water partition coefficient (Wildman–Crippen LogP) is 3.68. The highest BCUT2D eigenvalue weighted by molar-refractivity contribution is 14.0. The van der Waals surface area contributed by atoms with Gasteiger partial charge in [-0.15, -0.1) is 24.0 Å². The number of guanidine groups is 1. The summed E-state index contributed by atoms with van der Waals surface area (Å²) in [7, 11) is -0.707. The van der Waals surface area contributed by atoms with Gasteiger partial charge in [-0.2, -0.15) is 0 Å². The lowest BCUT2D eigenvalue weighted by molar-refractivity contribution is 0.413. The summed E-state index contributed by atoms with van der Waals surface area (Å²) in [6, 6.07) is 4.52. The van der Waals surface area contributed by atoms with E-state index in [1.807, 2.05) is 13.1 Å². The second-order valence-corrected chi connectivity index (χ2v) is 9.20. The molecule has 29 heavy (non-hydrogen) atoms. The molecule has 6 nitrogen and oxygen atoms in total. The van der Waals surface area contributed by atoms with Crippen LogP contribution in [-0.4, -0.2) is 51.8 Å². The Morgan fingerprint density at radius 3 is 2.59 bits per heavy atom. The topological polar surface area (TPSA) is 69.6 Å². The van der Waals surface area contributed by atoms with Crippen molar-refractivity contribution in [3.63, 3.8) is 0 Å². The molecule has 1 heterocycles. The molecule has 2 N–H and O–H groups in total. The SMILES string of the molecule is CCNC(=NCc1ccc(N(CC)CC)nc1)NC1CCCC(S(=O)CC)C1.I. The van der Waals surface area contributed by atoms with Crippen LogP contribution in [-0.2, 0) is 17.3 Å². The Morgan fingerprint density at radius 2 is 2.00 bits per heavy atom. The largest absolute Gasteiger partial charge is 0.357 e. The third kappa shape index (κ3) is 8.39. The van der Waals surface area contributed by atoms with Crippen LogP contribution in [0.1, 0.15) is 58.9 Å². The van der Waals surface area contributed by atoms with Crippen molar-refractivity contribution in [3.05, 3.63) is 23.9 Å². The third-order valence-corrected chi connectivity index (χ3v) is 7.02. The van der Waals surface area contributed by atoms with Gasteiger partial charge in [0.1, 0.15) is 5.82 Å². The maximum absolute atomic E-state index is 12.2. The van der Waals surface area contributed by atoms with Gasteiger partial charge < -0.3 is 15.5 Å². The maximum atomic E-state index is 12.2. The second-order valence-electron chi connectivity index (χ2n) is 7.19. The summed E-state index contributed by atoms with van der Waals surface area (Å²) in [5, 5.41) is 7.22. The number of nitrogens with zero attached hydrogens (tertiary/aromatic N) is 3. The van der Waals surface area contributed by atoms with E-state index >= 15 is 0 Å². The molecule has 1 aliphatic rings. The molecule has 0 spiro atoms. The molecule has 1 aromatic rings. The van der Waals surface area contributed by atoms with Gasteiger partial charge >= 0.3 is 0 Å². The molecule has 3 atom stereocenters. The van der Waals surface area contributed by atoms with E-state index in [-0.39, 0.29) is 24.0 Å². The van der Waals surface area contributed by atoms with Gasteiger partial charge in [0.15, 0.2) is 5.96 Å². The Balaban J connectivity index is 0.00000420. The van der Waals surface area contributed by atoms with E-state index in [0.717, 1.165) is 68.4 Å². The minimum absolute atomic E-state index is 0. The van der Waals surface area contributed by atoms with Crippen molar-refractivity contribution in [1.82, 2.24) is 15.6 Å². The van der Waals surface area contributed by atoms with Crippen LogP contribution in [0.4, 0.5) is 5.82 Å². The summed E-state index contributed by atoms with van der Waals surface area (Å²) in [5.41, 5.74) is 1.10. The molecule has 0 radical (unpaired) electrons. The van der Waals surface area contributed by atoms with Crippen molar-refractivity contribution in [2.45, 2.75) is 71.2 Å². The van der Waals surface area contributed by atoms with E-state index in [4.69, 9.17) is 4.99 Å². The number of aromatic nitrogens is 1. The first kappa shape index (κ1) is 26.1. The Bertz CT molecular complexity index is 636. The van der Waals surface area contributed by atoms with E-state index in [1.54, 1.807) is 0 Å². The van der Waals surface area contributed by atoms with Crippen LogP contribution in [0.5, 0.6) is 0 Å². The van der Waals surface area contributed by atoms with Gasteiger partial charge in [0.2, 0.25) is 0 Å². The van der Waals surface area contributed by atoms with Crippen molar-refractivity contribution in [3.8, 4) is 0 Å². The normalized spacial score (nSPS) is 20.5. The fourth-order valence-electron chi connectivity index (χ4n) is 3.68. The van der Waals surface area contributed by atoms with Gasteiger partial charge in [-0.1, -0.05) is 19.4 Å². The van der Waals surface area contributed by atoms with Gasteiger partial charge in [-0.25, -0.2) is 9.98 Å². The quantitative estimate of drug-likeness (QED) is 0.287. The standard InChI is InChI=1S/C21H37N5OS.HI/c1-5-22-21(25-18-10-9-11-19(14-18)28(27)8-4)24-16-17-12-13-20(23-15-17)26(6-2)7-3;/h12-13,15,18-19H,5-11,14,16H2,1-4H3,(H2,22,24,25);1H. The van der Waals surface area contributed by atoms with Crippen molar-refractivity contribution in [2.24, 2.45) is 4.99 Å². The van der Waals surface area contributed by atoms with E-state index in [1.165, 1.54) is 0 Å². The summed E-state index contributed by atoms with van der Waals surface area (Å²) in [5.74, 6) is 2.60. The zero-order valence-electron chi connectivity index (χ0n) is 18.3. The molecule has 166 valence electrons. The fourth-order valence-corrected chi connectivity index (χ4v) is 5.03. The second kappa shape index (κ2) is 14.2. The summed E-state index contributed by atoms with van der Waals surface area (Å²) in [6.07, 6.45) is 6.20. The Hall–Kier alpha value is -0.900. The Kier molecular flexibility index (Phi) is 12.8. The highest BCUT2D eigenvalue weighted by atomic mass is 127. The molecule has 8 heteroatoms. The molecule has 0 bridgehead atoms. The number of halogens is 1. The minimum Gasteiger partial charge on any atom is -0.357 e. The first-order chi connectivity index (χ1) is 13.6. The molecular formula is C21H38IN5OS. The number of pyridine rings is 1. The molecule has 2 rings (SSSR count). The number of anilines is 1. The molecule has 0 saturated heterocycles. The summed E-state index contributed by atoms with van der Waals surface area (Å²) in [4.78, 5) is 11.6. The van der Waals surface area contributed by atoms with E-state index in [2.05, 4.69) is 53.4 Å². The smallest absolute Gasteiger partial charge is 0.191 e. The van der Waals surface area contributed by atoms with Crippen LogP contribution in [0.25, 0.3) is 0 Å². The molecule has 3 unspecified atom stereocenters. The lowest BCUT2D eigenvalue weighted by atomic mass is 9.95. The zero-order chi connectivity index (χ0) is 20.4. The van der Waals surface area contributed by atoms with Crippen LogP contribution in [0.3, 0.4) is 0 Å². The van der Waals surface area contributed by atoms with E-state index < -0.39 is 10.8 Å². The third-order valence-electron chi connectivity index (χ3n) is 5.28. The van der Waals surface area contributed by atoms with Crippen molar-refractivity contribution < 1.29 is 4.21 Å². The van der Waals surface area contributed by atoms with Gasteiger partial charge in [0.05, 0.1) is 6.54 Å². The van der Waals surface area contributed by atoms with Crippen molar-refractivity contribution in [2.75, 3.05) is 30.3 Å². The first-order valence-corrected chi connectivity index (χ1v) is 12.1. The molecule has 1 saturated carbocycles. The maximum Gasteiger partial charge on any atom is 0.191 e. The number of rotatable bonds is 9. The molecular weight excluding hydrogens is 497 g/mol. The summed E-state index contributed by atoms with van der Waals surface area (Å²) >= 11 is 0. The molecule has 0 aliphatic heterocycles. The average Bonchev–Trinajstić information content (AvgIpc) is 2.73. The summed E-state index contributed by atoms with van der Waals surface area (Å²) in [6.45, 7) is 11.7. The van der Waals surface area contributed by atoms with Crippen LogP contribution in [0.15, 0.2) is 23.3 Å². The molecule has 0 aromatic carbocycles. The van der Waals surface area contributed by atoms with Crippen LogP contribution < -0.4 is 15.5 Å². The lowest BCUT2D eigenvalue weighted by Gasteiger charge is -2.30. The molecule has 0 amide bonds. The van der Waals surface area contributed by atoms with Crippen molar-refractivity contribution in [1.29, 1.82) is 0 Å². The van der Waals surface area contributed by atoms with E-state index in [9.17, 15) is 4.21 Å². The lowest BCUT2D eigenvalue weighted by Crippen LogP contribution is -2.46. The highest BCUT2D eigenvalue weighted by Gasteiger charge is 2.26. The van der Waals surface area contributed by atoms with Gasteiger partial charge in [-0.3, -0.25) is 4.21 Å². The molecule has 1 aromatic heterocycles.